The van der Waals surface area contributed by atoms with Gasteiger partial charge >= 0.3 is 0 Å². The van der Waals surface area contributed by atoms with E-state index >= 15 is 0 Å². The number of anilines is 1. The minimum absolute atomic E-state index is 0.123. The maximum atomic E-state index is 12.4. The summed E-state index contributed by atoms with van der Waals surface area (Å²) in [6.45, 7) is 1.24. The molecule has 1 amide bonds. The highest BCUT2D eigenvalue weighted by molar-refractivity contribution is 6.35. The minimum atomic E-state index is -0.388. The Morgan fingerprint density at radius 1 is 0.919 bits per heavy atom. The zero-order valence-electron chi connectivity index (χ0n) is 19.5. The number of aryl methyl sites for hydroxylation is 1. The standard InChI is InChI=1S/C27H22Cl5N3O2/c28-19-6-5-18(23(31)13-19)16-37-26(21-8-7-20(29)14-24(21)32)15-35-12-11-34(17-35)10-9-27(36)33-25-4-2-1-3-22(25)30/h1-8,11-14,17,26H,9-10,15-16H2/p+1. The maximum Gasteiger partial charge on any atom is 0.243 e. The predicted octanol–water partition coefficient (Wildman–Crippen LogP) is 8.03. The minimum Gasteiger partial charge on any atom is -0.365 e. The molecule has 0 aliphatic heterocycles. The highest BCUT2D eigenvalue weighted by atomic mass is 35.5. The smallest absolute Gasteiger partial charge is 0.243 e. The molecule has 1 aromatic heterocycles. The van der Waals surface area contributed by atoms with Gasteiger partial charge in [-0.1, -0.05) is 82.3 Å². The molecule has 1 atom stereocenters. The molecule has 1 heterocycles. The number of hydrogen-bond acceptors (Lipinski definition) is 2. The number of halogens is 5. The number of amides is 1. The topological polar surface area (TPSA) is 47.1 Å². The Bertz CT molecular complexity index is 1390. The molecule has 192 valence electrons. The van der Waals surface area contributed by atoms with Crippen molar-refractivity contribution in [2.45, 2.75) is 32.2 Å². The van der Waals surface area contributed by atoms with Crippen LogP contribution in [-0.4, -0.2) is 10.5 Å². The van der Waals surface area contributed by atoms with Gasteiger partial charge in [-0.05, 0) is 42.0 Å². The molecule has 0 saturated carbocycles. The number of carbonyl (C=O) groups excluding carboxylic acids is 1. The van der Waals surface area contributed by atoms with Crippen LogP contribution in [0.25, 0.3) is 0 Å². The second-order valence-corrected chi connectivity index (χ2v) is 10.4. The lowest BCUT2D eigenvalue weighted by molar-refractivity contribution is -0.704. The average Bonchev–Trinajstić information content (AvgIpc) is 3.30. The van der Waals surface area contributed by atoms with Crippen molar-refractivity contribution in [2.75, 3.05) is 5.32 Å². The largest absolute Gasteiger partial charge is 0.365 e. The lowest BCUT2D eigenvalue weighted by Gasteiger charge is -2.19. The van der Waals surface area contributed by atoms with Gasteiger partial charge in [0.05, 0.1) is 30.3 Å². The number of hydrogen-bond donors (Lipinski definition) is 1. The first-order valence-electron chi connectivity index (χ1n) is 11.4. The second-order valence-electron chi connectivity index (χ2n) is 8.33. The second kappa shape index (κ2) is 13.0. The number of carbonyl (C=O) groups is 1. The Balaban J connectivity index is 1.43. The molecule has 0 saturated heterocycles. The van der Waals surface area contributed by atoms with Crippen LogP contribution in [0.5, 0.6) is 0 Å². The predicted molar refractivity (Wildman–Crippen MR) is 150 cm³/mol. The van der Waals surface area contributed by atoms with Crippen LogP contribution in [-0.2, 0) is 29.2 Å². The molecule has 0 bridgehead atoms. The van der Waals surface area contributed by atoms with Crippen LogP contribution in [0.2, 0.25) is 25.1 Å². The van der Waals surface area contributed by atoms with E-state index < -0.39 is 0 Å². The van der Waals surface area contributed by atoms with Crippen LogP contribution >= 0.6 is 58.0 Å². The van der Waals surface area contributed by atoms with Crippen LogP contribution in [0.15, 0.2) is 79.4 Å². The summed E-state index contributed by atoms with van der Waals surface area (Å²) in [5.41, 5.74) is 2.21. The van der Waals surface area contributed by atoms with Crippen molar-refractivity contribution in [3.63, 3.8) is 0 Å². The van der Waals surface area contributed by atoms with Crippen molar-refractivity contribution in [1.82, 2.24) is 4.57 Å². The summed E-state index contributed by atoms with van der Waals surface area (Å²) in [5, 5.41) is 5.48. The van der Waals surface area contributed by atoms with Gasteiger partial charge in [-0.2, -0.15) is 0 Å². The lowest BCUT2D eigenvalue weighted by Crippen LogP contribution is -2.35. The first kappa shape index (κ1) is 27.8. The Morgan fingerprint density at radius 3 is 2.38 bits per heavy atom. The van der Waals surface area contributed by atoms with Crippen molar-refractivity contribution in [1.29, 1.82) is 0 Å². The Hall–Kier alpha value is -2.25. The highest BCUT2D eigenvalue weighted by Crippen LogP contribution is 2.31. The summed E-state index contributed by atoms with van der Waals surface area (Å²) in [6.07, 6.45) is 5.64. The van der Waals surface area contributed by atoms with Gasteiger partial charge in [0.2, 0.25) is 12.2 Å². The summed E-state index contributed by atoms with van der Waals surface area (Å²) in [4.78, 5) is 12.4. The zero-order chi connectivity index (χ0) is 26.4. The molecule has 1 unspecified atom stereocenters. The van der Waals surface area contributed by atoms with Crippen LogP contribution in [0.1, 0.15) is 23.7 Å². The van der Waals surface area contributed by atoms with Gasteiger partial charge in [0, 0.05) is 25.7 Å². The number of benzene rings is 3. The molecule has 3 aromatic carbocycles. The highest BCUT2D eigenvalue weighted by Gasteiger charge is 2.21. The first-order chi connectivity index (χ1) is 17.8. The van der Waals surface area contributed by atoms with E-state index in [4.69, 9.17) is 62.7 Å². The monoisotopic (exact) mass is 596 g/mol. The molecular weight excluding hydrogens is 576 g/mol. The van der Waals surface area contributed by atoms with Crippen molar-refractivity contribution >= 4 is 69.6 Å². The third-order valence-corrected chi connectivity index (χ3v) is 7.11. The van der Waals surface area contributed by atoms with Gasteiger partial charge in [0.25, 0.3) is 0 Å². The van der Waals surface area contributed by atoms with Gasteiger partial charge in [-0.25, -0.2) is 9.13 Å². The first-order valence-corrected chi connectivity index (χ1v) is 13.3. The number of imidazole rings is 1. The normalized spacial score (nSPS) is 11.9. The van der Waals surface area contributed by atoms with Gasteiger partial charge in [0.1, 0.15) is 25.0 Å². The Morgan fingerprint density at radius 2 is 1.65 bits per heavy atom. The number of nitrogens with zero attached hydrogens (tertiary/aromatic N) is 2. The third-order valence-electron chi connectivity index (χ3n) is 5.63. The molecule has 0 fully saturated rings. The van der Waals surface area contributed by atoms with E-state index in [9.17, 15) is 4.79 Å². The molecular formula is C27H23Cl5N3O2+. The van der Waals surface area contributed by atoms with Gasteiger partial charge < -0.3 is 10.1 Å². The quantitative estimate of drug-likeness (QED) is 0.188. The maximum absolute atomic E-state index is 12.4. The number of ether oxygens (including phenoxy) is 1. The van der Waals surface area contributed by atoms with Crippen LogP contribution in [0, 0.1) is 0 Å². The van der Waals surface area contributed by atoms with E-state index in [2.05, 4.69) is 5.32 Å². The summed E-state index contributed by atoms with van der Waals surface area (Å²) >= 11 is 31.1. The fourth-order valence-electron chi connectivity index (χ4n) is 3.71. The number of rotatable bonds is 10. The summed E-state index contributed by atoms with van der Waals surface area (Å²) in [6, 6.07) is 17.8. The molecule has 0 aliphatic carbocycles. The van der Waals surface area contributed by atoms with Crippen molar-refractivity contribution in [2.24, 2.45) is 0 Å². The SMILES string of the molecule is O=C(CCn1cc[n+](CC(OCc2ccc(Cl)cc2Cl)c2ccc(Cl)cc2Cl)c1)Nc1ccccc1Cl. The molecule has 37 heavy (non-hydrogen) atoms. The van der Waals surface area contributed by atoms with E-state index in [1.54, 1.807) is 36.4 Å². The van der Waals surface area contributed by atoms with Crippen molar-refractivity contribution in [3.05, 3.63) is 116 Å². The van der Waals surface area contributed by atoms with E-state index in [-0.39, 0.29) is 25.0 Å². The number of para-hydroxylation sites is 1. The lowest BCUT2D eigenvalue weighted by atomic mass is 10.1. The average molecular weight is 599 g/mol. The fraction of sp³-hybridized carbons (Fsp3) is 0.185. The van der Waals surface area contributed by atoms with Gasteiger partial charge in [0.15, 0.2) is 0 Å². The van der Waals surface area contributed by atoms with E-state index in [0.29, 0.717) is 43.9 Å². The van der Waals surface area contributed by atoms with Gasteiger partial charge in [-0.3, -0.25) is 4.79 Å². The van der Waals surface area contributed by atoms with Crippen molar-refractivity contribution in [3.8, 4) is 0 Å². The molecule has 4 aromatic rings. The molecule has 1 N–H and O–H groups in total. The third kappa shape index (κ3) is 7.87. The number of nitrogens with one attached hydrogen (secondary N) is 1. The summed E-state index contributed by atoms with van der Waals surface area (Å²) in [7, 11) is 0. The summed E-state index contributed by atoms with van der Waals surface area (Å²) < 4.78 is 10.2. The molecule has 0 spiro atoms. The molecule has 4 rings (SSSR count). The zero-order valence-corrected chi connectivity index (χ0v) is 23.3. The van der Waals surface area contributed by atoms with Gasteiger partial charge in [-0.15, -0.1) is 0 Å². The molecule has 5 nitrogen and oxygen atoms in total. The molecule has 0 aliphatic rings. The van der Waals surface area contributed by atoms with E-state index in [1.165, 1.54) is 0 Å². The van der Waals surface area contributed by atoms with Crippen LogP contribution in [0.4, 0.5) is 5.69 Å². The Labute approximate surface area is 240 Å². The van der Waals surface area contributed by atoms with E-state index in [1.807, 2.05) is 52.1 Å². The molecule has 0 radical (unpaired) electrons. The van der Waals surface area contributed by atoms with Crippen LogP contribution < -0.4 is 9.88 Å². The number of aromatic nitrogens is 2. The fourth-order valence-corrected chi connectivity index (χ4v) is 4.89. The summed E-state index contributed by atoms with van der Waals surface area (Å²) in [5.74, 6) is -0.123. The Kier molecular flexibility index (Phi) is 9.77. The van der Waals surface area contributed by atoms with E-state index in [0.717, 1.165) is 11.1 Å². The molecule has 10 heteroatoms. The van der Waals surface area contributed by atoms with Crippen molar-refractivity contribution < 1.29 is 14.1 Å². The van der Waals surface area contributed by atoms with Crippen LogP contribution in [0.3, 0.4) is 0 Å².